The largest absolute Gasteiger partial charge is 0.340 e. The fourth-order valence-electron chi connectivity index (χ4n) is 3.90. The Labute approximate surface area is 141 Å². The summed E-state index contributed by atoms with van der Waals surface area (Å²) in [6, 6.07) is 6.36. The molecule has 122 valence electrons. The second kappa shape index (κ2) is 6.19. The standard InChI is InChI=1S/C18H22N2O2S/c21-17(19-8-10-23-11-9-19)16-6-7-20(18(16)22)15-5-4-13-2-1-3-14(13)12-15/h4-5,12,16H,1-3,6-11H2/t16-/m0/s1. The fraction of sp³-hybridized carbons (Fsp3) is 0.556. The molecular formula is C18H22N2O2S. The normalized spacial score (nSPS) is 24.2. The maximum absolute atomic E-state index is 12.8. The van der Waals surface area contributed by atoms with Crippen molar-refractivity contribution in [2.24, 2.45) is 5.92 Å². The molecule has 4 rings (SSSR count). The van der Waals surface area contributed by atoms with E-state index >= 15 is 0 Å². The van der Waals surface area contributed by atoms with Gasteiger partial charge in [-0.2, -0.15) is 11.8 Å². The molecule has 0 radical (unpaired) electrons. The second-order valence-electron chi connectivity index (χ2n) is 6.58. The van der Waals surface area contributed by atoms with E-state index in [1.807, 2.05) is 27.6 Å². The van der Waals surface area contributed by atoms with Gasteiger partial charge in [-0.05, 0) is 48.9 Å². The first kappa shape index (κ1) is 15.1. The average Bonchev–Trinajstić information content (AvgIpc) is 3.20. The third kappa shape index (κ3) is 2.75. The Morgan fingerprint density at radius 3 is 2.70 bits per heavy atom. The van der Waals surface area contributed by atoms with Crippen LogP contribution in [0.2, 0.25) is 0 Å². The molecule has 0 spiro atoms. The minimum Gasteiger partial charge on any atom is -0.340 e. The summed E-state index contributed by atoms with van der Waals surface area (Å²) in [5.74, 6) is 1.54. The van der Waals surface area contributed by atoms with Gasteiger partial charge in [0, 0.05) is 36.8 Å². The van der Waals surface area contributed by atoms with Gasteiger partial charge in [0.2, 0.25) is 11.8 Å². The summed E-state index contributed by atoms with van der Waals surface area (Å²) in [5.41, 5.74) is 3.76. The lowest BCUT2D eigenvalue weighted by molar-refractivity contribution is -0.139. The quantitative estimate of drug-likeness (QED) is 0.780. The minimum atomic E-state index is -0.466. The highest BCUT2D eigenvalue weighted by Gasteiger charge is 2.40. The second-order valence-corrected chi connectivity index (χ2v) is 7.80. The van der Waals surface area contributed by atoms with E-state index in [9.17, 15) is 9.59 Å². The SMILES string of the molecule is O=C([C@@H]1CCN(c2ccc3c(c2)CCC3)C1=O)N1CCSCC1. The van der Waals surface area contributed by atoms with Crippen molar-refractivity contribution in [3.05, 3.63) is 29.3 Å². The van der Waals surface area contributed by atoms with Gasteiger partial charge in [-0.15, -0.1) is 0 Å². The van der Waals surface area contributed by atoms with Crippen molar-refractivity contribution in [3.63, 3.8) is 0 Å². The molecule has 0 N–H and O–H groups in total. The third-order valence-corrected chi connectivity index (χ3v) is 6.16. The number of carbonyl (C=O) groups excluding carboxylic acids is 2. The van der Waals surface area contributed by atoms with E-state index in [1.165, 1.54) is 17.5 Å². The summed E-state index contributed by atoms with van der Waals surface area (Å²) < 4.78 is 0. The highest BCUT2D eigenvalue weighted by molar-refractivity contribution is 7.99. The van der Waals surface area contributed by atoms with Crippen molar-refractivity contribution in [3.8, 4) is 0 Å². The van der Waals surface area contributed by atoms with Gasteiger partial charge in [-0.3, -0.25) is 9.59 Å². The molecule has 2 saturated heterocycles. The summed E-state index contributed by atoms with van der Waals surface area (Å²) in [6.07, 6.45) is 4.12. The van der Waals surface area contributed by atoms with Gasteiger partial charge in [0.25, 0.3) is 0 Å². The van der Waals surface area contributed by atoms with E-state index in [0.717, 1.165) is 43.1 Å². The van der Waals surface area contributed by atoms with Gasteiger partial charge in [0.05, 0.1) is 0 Å². The first-order chi connectivity index (χ1) is 11.2. The predicted octanol–water partition coefficient (Wildman–Crippen LogP) is 2.10. The van der Waals surface area contributed by atoms with E-state index in [2.05, 4.69) is 12.1 Å². The van der Waals surface area contributed by atoms with Crippen molar-refractivity contribution in [1.29, 1.82) is 0 Å². The van der Waals surface area contributed by atoms with Crippen molar-refractivity contribution in [2.75, 3.05) is 36.0 Å². The summed E-state index contributed by atoms with van der Waals surface area (Å²) in [7, 11) is 0. The van der Waals surface area contributed by atoms with Crippen LogP contribution in [0.3, 0.4) is 0 Å². The van der Waals surface area contributed by atoms with Crippen molar-refractivity contribution in [2.45, 2.75) is 25.7 Å². The van der Waals surface area contributed by atoms with Gasteiger partial charge in [0.1, 0.15) is 5.92 Å². The molecule has 0 bridgehead atoms. The van der Waals surface area contributed by atoms with Crippen LogP contribution in [0.4, 0.5) is 5.69 Å². The van der Waals surface area contributed by atoms with Crippen LogP contribution in [0, 0.1) is 5.92 Å². The minimum absolute atomic E-state index is 0.00817. The van der Waals surface area contributed by atoms with Crippen LogP contribution in [-0.2, 0) is 22.4 Å². The van der Waals surface area contributed by atoms with Crippen LogP contribution in [0.1, 0.15) is 24.0 Å². The average molecular weight is 330 g/mol. The number of anilines is 1. The van der Waals surface area contributed by atoms with Crippen LogP contribution in [0.25, 0.3) is 0 Å². The van der Waals surface area contributed by atoms with E-state index in [0.29, 0.717) is 13.0 Å². The summed E-state index contributed by atoms with van der Waals surface area (Å²) in [6.45, 7) is 2.23. The Balaban J connectivity index is 1.50. The number of amides is 2. The molecule has 4 nitrogen and oxygen atoms in total. The molecule has 23 heavy (non-hydrogen) atoms. The van der Waals surface area contributed by atoms with Gasteiger partial charge < -0.3 is 9.80 Å². The zero-order chi connectivity index (χ0) is 15.8. The summed E-state index contributed by atoms with van der Waals surface area (Å²) in [4.78, 5) is 29.1. The number of carbonyl (C=O) groups is 2. The number of nitrogens with zero attached hydrogens (tertiary/aromatic N) is 2. The fourth-order valence-corrected chi connectivity index (χ4v) is 4.80. The highest BCUT2D eigenvalue weighted by atomic mass is 32.2. The van der Waals surface area contributed by atoms with Crippen LogP contribution >= 0.6 is 11.8 Å². The maximum atomic E-state index is 12.8. The number of rotatable bonds is 2. The Kier molecular flexibility index (Phi) is 4.05. The summed E-state index contributed by atoms with van der Waals surface area (Å²) in [5, 5.41) is 0. The lowest BCUT2D eigenvalue weighted by Gasteiger charge is -2.28. The molecule has 5 heteroatoms. The number of hydrogen-bond acceptors (Lipinski definition) is 3. The third-order valence-electron chi connectivity index (χ3n) is 5.22. The molecule has 3 aliphatic rings. The van der Waals surface area contributed by atoms with E-state index < -0.39 is 5.92 Å². The maximum Gasteiger partial charge on any atom is 0.239 e. The molecule has 2 amide bonds. The lowest BCUT2D eigenvalue weighted by atomic mass is 10.1. The predicted molar refractivity (Wildman–Crippen MR) is 92.8 cm³/mol. The molecule has 0 aromatic heterocycles. The van der Waals surface area contributed by atoms with Crippen LogP contribution in [0.15, 0.2) is 18.2 Å². The zero-order valence-corrected chi connectivity index (χ0v) is 14.1. The first-order valence-corrected chi connectivity index (χ1v) is 9.69. The number of thioether (sulfide) groups is 1. The highest BCUT2D eigenvalue weighted by Crippen LogP contribution is 2.31. The molecular weight excluding hydrogens is 308 g/mol. The van der Waals surface area contributed by atoms with Crippen molar-refractivity contribution >= 4 is 29.3 Å². The van der Waals surface area contributed by atoms with Gasteiger partial charge in [0.15, 0.2) is 0 Å². The molecule has 0 saturated carbocycles. The number of hydrogen-bond donors (Lipinski definition) is 0. The molecule has 0 unspecified atom stereocenters. The molecule has 2 heterocycles. The molecule has 1 aromatic carbocycles. The number of fused-ring (bicyclic) bond motifs is 1. The Bertz CT molecular complexity index is 640. The molecule has 2 aliphatic heterocycles. The summed E-state index contributed by atoms with van der Waals surface area (Å²) >= 11 is 1.88. The smallest absolute Gasteiger partial charge is 0.239 e. The first-order valence-electron chi connectivity index (χ1n) is 8.54. The number of benzene rings is 1. The number of aryl methyl sites for hydroxylation is 2. The van der Waals surface area contributed by atoms with Gasteiger partial charge >= 0.3 is 0 Å². The van der Waals surface area contributed by atoms with E-state index in [4.69, 9.17) is 0 Å². The van der Waals surface area contributed by atoms with Gasteiger partial charge in [-0.25, -0.2) is 0 Å². The monoisotopic (exact) mass is 330 g/mol. The van der Waals surface area contributed by atoms with Crippen LogP contribution < -0.4 is 4.90 Å². The van der Waals surface area contributed by atoms with Crippen LogP contribution in [-0.4, -0.2) is 47.9 Å². The van der Waals surface area contributed by atoms with Gasteiger partial charge in [-0.1, -0.05) is 6.07 Å². The Morgan fingerprint density at radius 2 is 1.87 bits per heavy atom. The van der Waals surface area contributed by atoms with E-state index in [-0.39, 0.29) is 11.8 Å². The molecule has 1 aromatic rings. The van der Waals surface area contributed by atoms with Crippen LogP contribution in [0.5, 0.6) is 0 Å². The molecule has 2 fully saturated rings. The topological polar surface area (TPSA) is 40.6 Å². The van der Waals surface area contributed by atoms with E-state index in [1.54, 1.807) is 0 Å². The molecule has 1 aliphatic carbocycles. The molecule has 1 atom stereocenters. The Hall–Kier alpha value is -1.49. The zero-order valence-electron chi connectivity index (χ0n) is 13.3. The van der Waals surface area contributed by atoms with Crippen molar-refractivity contribution < 1.29 is 9.59 Å². The Morgan fingerprint density at radius 1 is 1.09 bits per heavy atom. The van der Waals surface area contributed by atoms with Crippen molar-refractivity contribution in [1.82, 2.24) is 4.90 Å². The lowest BCUT2D eigenvalue weighted by Crippen LogP contribution is -2.44.